The smallest absolute Gasteiger partial charge is 0.114 e. The third kappa shape index (κ3) is 2.39. The molecule has 0 atom stereocenters. The summed E-state index contributed by atoms with van der Waals surface area (Å²) in [6.45, 7) is 0. The highest BCUT2D eigenvalue weighted by molar-refractivity contribution is 7.03. The van der Waals surface area contributed by atoms with Crippen LogP contribution in [-0.2, 0) is 12.8 Å². The van der Waals surface area contributed by atoms with Crippen LogP contribution in [0, 0.1) is 6.20 Å². The van der Waals surface area contributed by atoms with E-state index in [9.17, 15) is 0 Å². The number of hydrogen-bond donors (Lipinski definition) is 0. The lowest BCUT2D eigenvalue weighted by molar-refractivity contribution is 0.616. The Morgan fingerprint density at radius 1 is 1.06 bits per heavy atom. The van der Waals surface area contributed by atoms with E-state index in [1.54, 1.807) is 0 Å². The Hall–Kier alpha value is -1.22. The lowest BCUT2D eigenvalue weighted by Gasteiger charge is -2.13. The number of aryl methyl sites for hydroxylation is 2. The van der Waals surface area contributed by atoms with E-state index in [0.717, 1.165) is 11.3 Å². The third-order valence-corrected chi connectivity index (χ3v) is 3.93. The Morgan fingerprint density at radius 3 is 2.65 bits per heavy atom. The molecular formula is C14H15N2S. The lowest BCUT2D eigenvalue weighted by Crippen LogP contribution is -2.01. The summed E-state index contributed by atoms with van der Waals surface area (Å²) in [6, 6.07) is 2.24. The highest BCUT2D eigenvalue weighted by Crippen LogP contribution is 2.24. The topological polar surface area (TPSA) is 25.8 Å². The van der Waals surface area contributed by atoms with Crippen LogP contribution in [0.3, 0.4) is 0 Å². The van der Waals surface area contributed by atoms with E-state index in [-0.39, 0.29) is 0 Å². The van der Waals surface area contributed by atoms with Crippen molar-refractivity contribution in [2.24, 2.45) is 0 Å². The highest BCUT2D eigenvalue weighted by atomic mass is 32.1. The maximum atomic E-state index is 4.54. The molecule has 0 amide bonds. The van der Waals surface area contributed by atoms with Crippen LogP contribution in [0.1, 0.15) is 36.8 Å². The van der Waals surface area contributed by atoms with Gasteiger partial charge in [0.1, 0.15) is 6.20 Å². The Balaban J connectivity index is 1.96. The molecule has 17 heavy (non-hydrogen) atoms. The van der Waals surface area contributed by atoms with E-state index >= 15 is 0 Å². The summed E-state index contributed by atoms with van der Waals surface area (Å²) in [5.41, 5.74) is 4.98. The molecule has 1 radical (unpaired) electrons. The number of fused-ring (bicyclic) bond motifs is 1. The Labute approximate surface area is 106 Å². The van der Waals surface area contributed by atoms with Gasteiger partial charge in [-0.15, -0.1) is 0 Å². The van der Waals surface area contributed by atoms with Crippen LogP contribution in [0.15, 0.2) is 17.6 Å². The molecule has 2 heterocycles. The van der Waals surface area contributed by atoms with Crippen molar-refractivity contribution in [3.8, 4) is 11.3 Å². The van der Waals surface area contributed by atoms with Gasteiger partial charge in [0.05, 0.1) is 5.69 Å². The molecule has 0 saturated heterocycles. The highest BCUT2D eigenvalue weighted by Gasteiger charge is 2.10. The second-order valence-corrected chi connectivity index (χ2v) is 5.22. The summed E-state index contributed by atoms with van der Waals surface area (Å²) < 4.78 is 4.02. The zero-order chi connectivity index (χ0) is 11.5. The molecule has 0 aromatic carbocycles. The average Bonchev–Trinajstić information content (AvgIpc) is 2.83. The first-order valence-corrected chi connectivity index (χ1v) is 7.07. The number of nitrogens with zero attached hydrogens (tertiary/aromatic N) is 2. The van der Waals surface area contributed by atoms with Gasteiger partial charge >= 0.3 is 0 Å². The molecule has 2 aromatic rings. The van der Waals surface area contributed by atoms with Gasteiger partial charge < -0.3 is 0 Å². The first-order chi connectivity index (χ1) is 8.43. The first kappa shape index (κ1) is 10.9. The Bertz CT molecular complexity index is 491. The second kappa shape index (κ2) is 4.96. The molecule has 2 nitrogen and oxygen atoms in total. The number of hydrogen-bond acceptors (Lipinski definition) is 3. The van der Waals surface area contributed by atoms with Gasteiger partial charge in [-0.3, -0.25) is 4.98 Å². The second-order valence-electron chi connectivity index (χ2n) is 4.59. The van der Waals surface area contributed by atoms with Gasteiger partial charge in [0.15, 0.2) is 0 Å². The number of rotatable bonds is 1. The van der Waals surface area contributed by atoms with Crippen molar-refractivity contribution >= 4 is 11.5 Å². The fourth-order valence-corrected chi connectivity index (χ4v) is 2.90. The maximum absolute atomic E-state index is 4.54. The quantitative estimate of drug-likeness (QED) is 0.763. The van der Waals surface area contributed by atoms with Crippen LogP contribution in [0.5, 0.6) is 0 Å². The summed E-state index contributed by atoms with van der Waals surface area (Å²) >= 11 is 1.43. The SMILES string of the molecule is [c]1nscc1-c1cc2c(cn1)CCCCCC2. The molecule has 0 fully saturated rings. The average molecular weight is 243 g/mol. The lowest BCUT2D eigenvalue weighted by atomic mass is 9.94. The van der Waals surface area contributed by atoms with Crippen LogP contribution in [0.25, 0.3) is 11.3 Å². The number of pyridine rings is 1. The van der Waals surface area contributed by atoms with E-state index in [2.05, 4.69) is 27.8 Å². The maximum Gasteiger partial charge on any atom is 0.114 e. The first-order valence-electron chi connectivity index (χ1n) is 6.24. The van der Waals surface area contributed by atoms with Crippen molar-refractivity contribution < 1.29 is 0 Å². The minimum atomic E-state index is 1.03. The van der Waals surface area contributed by atoms with Crippen LogP contribution >= 0.6 is 11.5 Å². The van der Waals surface area contributed by atoms with E-state index in [4.69, 9.17) is 0 Å². The molecule has 3 rings (SSSR count). The van der Waals surface area contributed by atoms with Gasteiger partial charge in [-0.2, -0.15) is 4.37 Å². The standard InChI is InChI=1S/C14H15N2S/c1-2-4-6-12-8-15-14(7-11(12)5-3-1)13-9-16-17-10-13/h7-8,10H,1-6H2. The summed E-state index contributed by atoms with van der Waals surface area (Å²) in [7, 11) is 0. The van der Waals surface area contributed by atoms with Crippen molar-refractivity contribution in [1.82, 2.24) is 9.36 Å². The Kier molecular flexibility index (Phi) is 3.18. The van der Waals surface area contributed by atoms with Crippen molar-refractivity contribution in [3.05, 3.63) is 35.0 Å². The molecule has 1 aliphatic carbocycles. The Morgan fingerprint density at radius 2 is 1.88 bits per heavy atom. The largest absolute Gasteiger partial charge is 0.256 e. The molecular weight excluding hydrogens is 228 g/mol. The minimum Gasteiger partial charge on any atom is -0.256 e. The minimum absolute atomic E-state index is 1.03. The summed E-state index contributed by atoms with van der Waals surface area (Å²) in [4.78, 5) is 4.54. The summed E-state index contributed by atoms with van der Waals surface area (Å²) in [6.07, 6.45) is 12.8. The van der Waals surface area contributed by atoms with Gasteiger partial charge in [0.2, 0.25) is 0 Å². The molecule has 2 aromatic heterocycles. The molecule has 0 N–H and O–H groups in total. The van der Waals surface area contributed by atoms with Gasteiger partial charge in [0, 0.05) is 17.1 Å². The van der Waals surface area contributed by atoms with Crippen molar-refractivity contribution in [2.45, 2.75) is 38.5 Å². The van der Waals surface area contributed by atoms with Crippen molar-refractivity contribution in [2.75, 3.05) is 0 Å². The summed E-state index contributed by atoms with van der Waals surface area (Å²) in [5.74, 6) is 0. The molecule has 0 bridgehead atoms. The van der Waals surface area contributed by atoms with Crippen LogP contribution in [0.2, 0.25) is 0 Å². The van der Waals surface area contributed by atoms with Crippen molar-refractivity contribution in [3.63, 3.8) is 0 Å². The zero-order valence-corrected chi connectivity index (χ0v) is 10.6. The van der Waals surface area contributed by atoms with Gasteiger partial charge in [0.25, 0.3) is 0 Å². The van der Waals surface area contributed by atoms with Crippen LogP contribution in [0.4, 0.5) is 0 Å². The fraction of sp³-hybridized carbons (Fsp3) is 0.429. The van der Waals surface area contributed by atoms with E-state index in [0.29, 0.717) is 0 Å². The van der Waals surface area contributed by atoms with Crippen LogP contribution in [-0.4, -0.2) is 9.36 Å². The molecule has 0 unspecified atom stereocenters. The van der Waals surface area contributed by atoms with E-state index < -0.39 is 0 Å². The number of aromatic nitrogens is 2. The molecule has 0 saturated carbocycles. The van der Waals surface area contributed by atoms with E-state index in [1.165, 1.54) is 61.2 Å². The zero-order valence-electron chi connectivity index (χ0n) is 9.78. The van der Waals surface area contributed by atoms with Gasteiger partial charge in [-0.25, -0.2) is 0 Å². The summed E-state index contributed by atoms with van der Waals surface area (Å²) in [5, 5.41) is 2.01. The molecule has 3 heteroatoms. The molecule has 87 valence electrons. The van der Waals surface area contributed by atoms with Gasteiger partial charge in [-0.05, 0) is 54.4 Å². The normalized spacial score (nSPS) is 16.0. The predicted molar refractivity (Wildman–Crippen MR) is 70.1 cm³/mol. The third-order valence-electron chi connectivity index (χ3n) is 3.39. The molecule has 1 aliphatic rings. The fourth-order valence-electron chi connectivity index (χ4n) is 2.41. The molecule has 0 spiro atoms. The predicted octanol–water partition coefficient (Wildman–Crippen LogP) is 3.66. The molecule has 0 aliphatic heterocycles. The van der Waals surface area contributed by atoms with Crippen LogP contribution < -0.4 is 0 Å². The van der Waals surface area contributed by atoms with Crippen molar-refractivity contribution in [1.29, 1.82) is 0 Å². The van der Waals surface area contributed by atoms with E-state index in [1.807, 2.05) is 5.38 Å². The van der Waals surface area contributed by atoms with Gasteiger partial charge in [-0.1, -0.05) is 12.8 Å². The monoisotopic (exact) mass is 243 g/mol.